The van der Waals surface area contributed by atoms with E-state index in [0.29, 0.717) is 12.1 Å². The predicted molar refractivity (Wildman–Crippen MR) is 129 cm³/mol. The van der Waals surface area contributed by atoms with Gasteiger partial charge >= 0.3 is 41.7 Å². The standard InChI is InChI=1S/C11H21NO2.C10H19NO2.CH3I.Na.H/c1-8-6-9(7-8)12(5)10(13)14-11(2,3)4;1-7-5-8(6-7)11-9(12)13-10(2,3)4;1-2;;/h8-9H,6-7H2,1-5H3;7-8H,5-6H2,1-4H3,(H,11,12);1H3;;/q;;;+1;-1. The topological polar surface area (TPSA) is 67.9 Å². The third-order valence-electron chi connectivity index (χ3n) is 4.67. The van der Waals surface area contributed by atoms with Crippen molar-refractivity contribution in [3.8, 4) is 0 Å². The van der Waals surface area contributed by atoms with Crippen LogP contribution in [0.1, 0.15) is 82.5 Å². The summed E-state index contributed by atoms with van der Waals surface area (Å²) in [6.07, 6.45) is 3.89. The zero-order valence-corrected chi connectivity index (χ0v) is 25.3. The van der Waals surface area contributed by atoms with E-state index in [4.69, 9.17) is 9.47 Å². The Morgan fingerprint density at radius 1 is 0.900 bits per heavy atom. The van der Waals surface area contributed by atoms with Crippen molar-refractivity contribution in [2.75, 3.05) is 12.0 Å². The third kappa shape index (κ3) is 14.4. The molecule has 0 aromatic heterocycles. The van der Waals surface area contributed by atoms with Gasteiger partial charge in [-0.25, -0.2) is 9.59 Å². The van der Waals surface area contributed by atoms with Crippen molar-refractivity contribution in [3.63, 3.8) is 0 Å². The number of hydrogen-bond acceptors (Lipinski definition) is 4. The van der Waals surface area contributed by atoms with E-state index in [1.807, 2.05) is 53.5 Å². The molecule has 2 aliphatic rings. The van der Waals surface area contributed by atoms with Gasteiger partial charge in [0.1, 0.15) is 11.2 Å². The van der Waals surface area contributed by atoms with Gasteiger partial charge in [-0.1, -0.05) is 36.4 Å². The van der Waals surface area contributed by atoms with Gasteiger partial charge in [0.15, 0.2) is 0 Å². The number of carbonyl (C=O) groups excluding carboxylic acids is 2. The van der Waals surface area contributed by atoms with Crippen molar-refractivity contribution in [1.82, 2.24) is 10.2 Å². The molecule has 0 atom stereocenters. The zero-order valence-electron chi connectivity index (χ0n) is 22.1. The molecule has 2 rings (SSSR count). The van der Waals surface area contributed by atoms with Crippen LogP contribution in [-0.4, -0.2) is 52.4 Å². The Labute approximate surface area is 221 Å². The number of rotatable bonds is 2. The van der Waals surface area contributed by atoms with Crippen LogP contribution in [0.25, 0.3) is 0 Å². The fraction of sp³-hybridized carbons (Fsp3) is 0.909. The molecule has 0 saturated heterocycles. The smallest absolute Gasteiger partial charge is 1.00 e. The summed E-state index contributed by atoms with van der Waals surface area (Å²) < 4.78 is 10.4. The number of alkyl halides is 1. The van der Waals surface area contributed by atoms with Crippen molar-refractivity contribution < 1.29 is 50.0 Å². The molecule has 1 N–H and O–H groups in total. The Hall–Kier alpha value is 0.270. The largest absolute Gasteiger partial charge is 1.00 e. The Morgan fingerprint density at radius 3 is 1.63 bits per heavy atom. The first-order valence-electron chi connectivity index (χ1n) is 10.5. The van der Waals surface area contributed by atoms with Gasteiger partial charge in [-0.05, 0) is 84.0 Å². The first-order chi connectivity index (χ1) is 13.2. The van der Waals surface area contributed by atoms with Crippen LogP contribution >= 0.6 is 22.6 Å². The summed E-state index contributed by atoms with van der Waals surface area (Å²) in [5.74, 6) is 1.50. The van der Waals surface area contributed by atoms with Crippen LogP contribution in [0.4, 0.5) is 9.59 Å². The predicted octanol–water partition coefficient (Wildman–Crippen LogP) is 3.13. The molecule has 8 heteroatoms. The molecule has 0 aromatic carbocycles. The Morgan fingerprint density at radius 2 is 1.30 bits per heavy atom. The second-order valence-electron chi connectivity index (χ2n) is 10.2. The average molecular weight is 550 g/mol. The van der Waals surface area contributed by atoms with E-state index in [2.05, 4.69) is 41.8 Å². The summed E-state index contributed by atoms with van der Waals surface area (Å²) in [6.45, 7) is 15.7. The normalized spacial score (nSPS) is 24.6. The molecule has 2 saturated carbocycles. The number of alkyl carbamates (subject to hydrolysis) is 1. The first-order valence-corrected chi connectivity index (χ1v) is 12.6. The van der Waals surface area contributed by atoms with Crippen molar-refractivity contribution in [1.29, 1.82) is 0 Å². The van der Waals surface area contributed by atoms with E-state index in [1.54, 1.807) is 4.90 Å². The SMILES string of the molecule is CC1CC(N(C)C(=O)OC(C)(C)C)C1.CC1CC(NC(=O)OC(C)(C)C)C1.CI.[H-].[Na+]. The van der Waals surface area contributed by atoms with Crippen LogP contribution in [0.5, 0.6) is 0 Å². The van der Waals surface area contributed by atoms with E-state index < -0.39 is 0 Å². The van der Waals surface area contributed by atoms with Gasteiger partial charge < -0.3 is 21.1 Å². The number of halogens is 1. The van der Waals surface area contributed by atoms with E-state index in [1.165, 1.54) is 0 Å². The van der Waals surface area contributed by atoms with Crippen LogP contribution in [0.15, 0.2) is 0 Å². The molecule has 0 aromatic rings. The summed E-state index contributed by atoms with van der Waals surface area (Å²) in [7, 11) is 1.82. The van der Waals surface area contributed by atoms with Gasteiger partial charge in [-0.3, -0.25) is 0 Å². The molecule has 6 nitrogen and oxygen atoms in total. The molecule has 2 fully saturated rings. The Bertz CT molecular complexity index is 515. The van der Waals surface area contributed by atoms with Gasteiger partial charge in [-0.2, -0.15) is 0 Å². The van der Waals surface area contributed by atoms with Crippen molar-refractivity contribution >= 4 is 34.8 Å². The van der Waals surface area contributed by atoms with E-state index in [0.717, 1.165) is 37.5 Å². The summed E-state index contributed by atoms with van der Waals surface area (Å²) in [6, 6.07) is 0.727. The molecule has 0 unspecified atom stereocenters. The minimum absolute atomic E-state index is 0. The summed E-state index contributed by atoms with van der Waals surface area (Å²) in [5.41, 5.74) is -0.778. The van der Waals surface area contributed by atoms with Gasteiger partial charge in [0.25, 0.3) is 0 Å². The number of hydrogen-bond donors (Lipinski definition) is 1. The van der Waals surface area contributed by atoms with Crippen LogP contribution < -0.4 is 34.9 Å². The fourth-order valence-corrected chi connectivity index (χ4v) is 3.15. The summed E-state index contributed by atoms with van der Waals surface area (Å²) in [5, 5.41) is 2.84. The molecular formula is C22H44IN2NaO4. The maximum Gasteiger partial charge on any atom is 1.00 e. The molecule has 2 aliphatic carbocycles. The molecule has 2 amide bonds. The van der Waals surface area contributed by atoms with Crippen LogP contribution in [0.2, 0.25) is 0 Å². The van der Waals surface area contributed by atoms with E-state index in [-0.39, 0.29) is 54.4 Å². The number of nitrogens with one attached hydrogen (secondary N) is 1. The fourth-order valence-electron chi connectivity index (χ4n) is 3.15. The maximum atomic E-state index is 11.6. The van der Waals surface area contributed by atoms with Crippen LogP contribution in [-0.2, 0) is 9.47 Å². The van der Waals surface area contributed by atoms with Gasteiger partial charge in [0.2, 0.25) is 0 Å². The zero-order chi connectivity index (χ0) is 23.0. The van der Waals surface area contributed by atoms with Gasteiger partial charge in [0, 0.05) is 19.1 Å². The maximum absolute atomic E-state index is 11.6. The summed E-state index contributed by atoms with van der Waals surface area (Å²) >= 11 is 2.15. The molecule has 0 bridgehead atoms. The second kappa shape index (κ2) is 14.4. The second-order valence-corrected chi connectivity index (χ2v) is 10.2. The molecule has 0 radical (unpaired) electrons. The van der Waals surface area contributed by atoms with Crippen molar-refractivity contribution in [2.24, 2.45) is 11.8 Å². The van der Waals surface area contributed by atoms with E-state index in [9.17, 15) is 9.59 Å². The van der Waals surface area contributed by atoms with Crippen LogP contribution in [0, 0.1) is 11.8 Å². The van der Waals surface area contributed by atoms with Crippen molar-refractivity contribution in [2.45, 2.75) is 104 Å². The summed E-state index contributed by atoms with van der Waals surface area (Å²) in [4.78, 5) is 26.5. The minimum atomic E-state index is -0.389. The molecule has 0 spiro atoms. The number of ether oxygens (including phenoxy) is 2. The van der Waals surface area contributed by atoms with Gasteiger partial charge in [-0.15, -0.1) is 0 Å². The van der Waals surface area contributed by atoms with Crippen LogP contribution in [0.3, 0.4) is 0 Å². The molecule has 0 aliphatic heterocycles. The molecule has 0 heterocycles. The Balaban J connectivity index is -0.000000442. The third-order valence-corrected chi connectivity index (χ3v) is 4.67. The van der Waals surface area contributed by atoms with Gasteiger partial charge in [0.05, 0.1) is 0 Å². The quantitative estimate of drug-likeness (QED) is 0.326. The first kappa shape index (κ1) is 32.4. The Kier molecular flexibility index (Phi) is 15.6. The monoisotopic (exact) mass is 550 g/mol. The molecular weight excluding hydrogens is 506 g/mol. The molecule has 174 valence electrons. The van der Waals surface area contributed by atoms with E-state index >= 15 is 0 Å². The average Bonchev–Trinajstić information content (AvgIpc) is 2.49. The number of carbonyl (C=O) groups is 2. The minimum Gasteiger partial charge on any atom is -1.00 e. The number of amides is 2. The molecule has 30 heavy (non-hydrogen) atoms. The van der Waals surface area contributed by atoms with Crippen molar-refractivity contribution in [3.05, 3.63) is 0 Å². The number of nitrogens with zero attached hydrogens (tertiary/aromatic N) is 1.